The molecule has 2 N–H and O–H groups in total. The quantitative estimate of drug-likeness (QED) is 0.715. The van der Waals surface area contributed by atoms with Gasteiger partial charge in [0.2, 0.25) is 0 Å². The largest absolute Gasteiger partial charge is 0.395 e. The van der Waals surface area contributed by atoms with Crippen molar-refractivity contribution < 1.29 is 5.11 Å². The first kappa shape index (κ1) is 12.3. The first-order valence-corrected chi connectivity index (χ1v) is 6.93. The number of rotatable bonds is 6. The Labute approximate surface area is 99.2 Å². The van der Waals surface area contributed by atoms with E-state index in [4.69, 9.17) is 5.11 Å². The second-order valence-electron chi connectivity index (χ2n) is 5.32. The topological polar surface area (TPSA) is 35.5 Å². The molecule has 1 heterocycles. The van der Waals surface area contributed by atoms with Crippen LogP contribution in [0, 0.1) is 5.92 Å². The van der Waals surface area contributed by atoms with Crippen molar-refractivity contribution in [1.82, 2.24) is 10.2 Å². The molecule has 1 saturated heterocycles. The summed E-state index contributed by atoms with van der Waals surface area (Å²) in [7, 11) is 0. The molecule has 94 valence electrons. The lowest BCUT2D eigenvalue weighted by Gasteiger charge is -2.38. The van der Waals surface area contributed by atoms with E-state index in [1.807, 2.05) is 0 Å². The third-order valence-electron chi connectivity index (χ3n) is 4.05. The fourth-order valence-corrected chi connectivity index (χ4v) is 3.11. The molecule has 2 atom stereocenters. The van der Waals surface area contributed by atoms with Crippen LogP contribution in [0.3, 0.4) is 0 Å². The SMILES string of the molecule is CCC(C1CC1)N1CCCC(NCCO)C1. The second-order valence-corrected chi connectivity index (χ2v) is 5.32. The van der Waals surface area contributed by atoms with Gasteiger partial charge in [0.05, 0.1) is 6.61 Å². The average Bonchev–Trinajstić information content (AvgIpc) is 3.12. The predicted octanol–water partition coefficient (Wildman–Crippen LogP) is 1.22. The molecule has 2 fully saturated rings. The summed E-state index contributed by atoms with van der Waals surface area (Å²) in [5, 5.41) is 12.3. The van der Waals surface area contributed by atoms with Gasteiger partial charge in [-0.3, -0.25) is 4.90 Å². The van der Waals surface area contributed by atoms with Crippen molar-refractivity contribution >= 4 is 0 Å². The standard InChI is InChI=1S/C13H26N2O/c1-2-13(11-5-6-11)15-8-3-4-12(10-15)14-7-9-16/h11-14,16H,2-10H2,1H3. The van der Waals surface area contributed by atoms with E-state index < -0.39 is 0 Å². The zero-order chi connectivity index (χ0) is 11.4. The second kappa shape index (κ2) is 5.99. The van der Waals surface area contributed by atoms with Crippen LogP contribution < -0.4 is 5.32 Å². The summed E-state index contributed by atoms with van der Waals surface area (Å²) in [4.78, 5) is 2.69. The number of aliphatic hydroxyl groups is 1. The maximum absolute atomic E-state index is 8.84. The van der Waals surface area contributed by atoms with E-state index in [1.54, 1.807) is 0 Å². The van der Waals surface area contributed by atoms with Crippen molar-refractivity contribution in [3.05, 3.63) is 0 Å². The monoisotopic (exact) mass is 226 g/mol. The highest BCUT2D eigenvalue weighted by molar-refractivity contribution is 4.90. The molecular weight excluding hydrogens is 200 g/mol. The number of aliphatic hydroxyl groups excluding tert-OH is 1. The Bertz CT molecular complexity index is 206. The third kappa shape index (κ3) is 3.19. The van der Waals surface area contributed by atoms with Crippen LogP contribution in [-0.2, 0) is 0 Å². The Morgan fingerprint density at radius 2 is 2.19 bits per heavy atom. The summed E-state index contributed by atoms with van der Waals surface area (Å²) in [5.74, 6) is 0.988. The summed E-state index contributed by atoms with van der Waals surface area (Å²) in [5.41, 5.74) is 0. The summed E-state index contributed by atoms with van der Waals surface area (Å²) in [6, 6.07) is 1.44. The fourth-order valence-electron chi connectivity index (χ4n) is 3.11. The van der Waals surface area contributed by atoms with E-state index in [9.17, 15) is 0 Å². The van der Waals surface area contributed by atoms with Gasteiger partial charge in [0, 0.05) is 25.2 Å². The van der Waals surface area contributed by atoms with Gasteiger partial charge in [-0.2, -0.15) is 0 Å². The van der Waals surface area contributed by atoms with Crippen LogP contribution in [-0.4, -0.2) is 48.3 Å². The van der Waals surface area contributed by atoms with E-state index in [0.717, 1.165) is 18.5 Å². The lowest BCUT2D eigenvalue weighted by Crippen LogP contribution is -2.50. The molecule has 0 radical (unpaired) electrons. The fraction of sp³-hybridized carbons (Fsp3) is 1.00. The Hall–Kier alpha value is -0.120. The number of piperidine rings is 1. The summed E-state index contributed by atoms with van der Waals surface area (Å²) in [6.45, 7) is 5.81. The van der Waals surface area contributed by atoms with Crippen LogP contribution in [0.25, 0.3) is 0 Å². The number of hydrogen-bond donors (Lipinski definition) is 2. The van der Waals surface area contributed by atoms with Crippen LogP contribution in [0.15, 0.2) is 0 Å². The highest BCUT2D eigenvalue weighted by Gasteiger charge is 2.35. The molecule has 0 spiro atoms. The molecule has 0 amide bonds. The molecule has 0 aromatic heterocycles. The van der Waals surface area contributed by atoms with E-state index in [1.165, 1.54) is 45.2 Å². The van der Waals surface area contributed by atoms with E-state index in [-0.39, 0.29) is 6.61 Å². The van der Waals surface area contributed by atoms with Crippen molar-refractivity contribution in [2.24, 2.45) is 5.92 Å². The normalized spacial score (nSPS) is 29.2. The van der Waals surface area contributed by atoms with E-state index >= 15 is 0 Å². The highest BCUT2D eigenvalue weighted by Crippen LogP contribution is 2.37. The highest BCUT2D eigenvalue weighted by atomic mass is 16.3. The zero-order valence-electron chi connectivity index (χ0n) is 10.5. The van der Waals surface area contributed by atoms with Gasteiger partial charge in [0.25, 0.3) is 0 Å². The lowest BCUT2D eigenvalue weighted by molar-refractivity contribution is 0.117. The van der Waals surface area contributed by atoms with Crippen molar-refractivity contribution in [2.75, 3.05) is 26.2 Å². The predicted molar refractivity (Wildman–Crippen MR) is 66.5 cm³/mol. The Kier molecular flexibility index (Phi) is 4.62. The van der Waals surface area contributed by atoms with Gasteiger partial charge in [-0.1, -0.05) is 6.92 Å². The van der Waals surface area contributed by atoms with Crippen LogP contribution in [0.2, 0.25) is 0 Å². The minimum atomic E-state index is 0.260. The molecule has 0 aromatic carbocycles. The third-order valence-corrected chi connectivity index (χ3v) is 4.05. The molecule has 2 rings (SSSR count). The van der Waals surface area contributed by atoms with Gasteiger partial charge in [0.15, 0.2) is 0 Å². The minimum Gasteiger partial charge on any atom is -0.395 e. The number of nitrogens with one attached hydrogen (secondary N) is 1. The first-order chi connectivity index (χ1) is 7.85. The van der Waals surface area contributed by atoms with Gasteiger partial charge >= 0.3 is 0 Å². The molecule has 1 aliphatic carbocycles. The van der Waals surface area contributed by atoms with Gasteiger partial charge < -0.3 is 10.4 Å². The zero-order valence-corrected chi connectivity index (χ0v) is 10.5. The van der Waals surface area contributed by atoms with Crippen LogP contribution in [0.1, 0.15) is 39.0 Å². The smallest absolute Gasteiger partial charge is 0.0556 e. The Morgan fingerprint density at radius 1 is 1.38 bits per heavy atom. The molecule has 2 aliphatic rings. The maximum atomic E-state index is 8.84. The summed E-state index contributed by atoms with van der Waals surface area (Å²) >= 11 is 0. The minimum absolute atomic E-state index is 0.260. The summed E-state index contributed by atoms with van der Waals surface area (Å²) < 4.78 is 0. The van der Waals surface area contributed by atoms with Gasteiger partial charge in [0.1, 0.15) is 0 Å². The van der Waals surface area contributed by atoms with Gasteiger partial charge in [-0.15, -0.1) is 0 Å². The molecule has 1 aliphatic heterocycles. The molecule has 2 unspecified atom stereocenters. The Balaban J connectivity index is 1.80. The first-order valence-electron chi connectivity index (χ1n) is 6.93. The lowest BCUT2D eigenvalue weighted by atomic mass is 10.00. The maximum Gasteiger partial charge on any atom is 0.0556 e. The van der Waals surface area contributed by atoms with Gasteiger partial charge in [-0.25, -0.2) is 0 Å². The number of nitrogens with zero attached hydrogens (tertiary/aromatic N) is 1. The molecule has 3 heteroatoms. The van der Waals surface area contributed by atoms with Crippen LogP contribution in [0.4, 0.5) is 0 Å². The molecule has 0 bridgehead atoms. The van der Waals surface area contributed by atoms with E-state index in [0.29, 0.717) is 6.04 Å². The van der Waals surface area contributed by atoms with E-state index in [2.05, 4.69) is 17.1 Å². The molecular formula is C13H26N2O. The molecule has 1 saturated carbocycles. The molecule has 16 heavy (non-hydrogen) atoms. The Morgan fingerprint density at radius 3 is 2.81 bits per heavy atom. The number of likely N-dealkylation sites (tertiary alicyclic amines) is 1. The summed E-state index contributed by atoms with van der Waals surface area (Å²) in [6.07, 6.45) is 6.79. The van der Waals surface area contributed by atoms with Crippen molar-refractivity contribution in [3.63, 3.8) is 0 Å². The van der Waals surface area contributed by atoms with Crippen LogP contribution in [0.5, 0.6) is 0 Å². The molecule has 3 nitrogen and oxygen atoms in total. The van der Waals surface area contributed by atoms with Gasteiger partial charge in [-0.05, 0) is 44.6 Å². The average molecular weight is 226 g/mol. The van der Waals surface area contributed by atoms with Crippen LogP contribution >= 0.6 is 0 Å². The number of hydrogen-bond acceptors (Lipinski definition) is 3. The van der Waals surface area contributed by atoms with Crippen molar-refractivity contribution in [2.45, 2.75) is 51.1 Å². The van der Waals surface area contributed by atoms with Crippen molar-refractivity contribution in [3.8, 4) is 0 Å². The molecule has 0 aromatic rings. The van der Waals surface area contributed by atoms with Crippen molar-refractivity contribution in [1.29, 1.82) is 0 Å².